The van der Waals surface area contributed by atoms with Gasteiger partial charge >= 0.3 is 0 Å². The summed E-state index contributed by atoms with van der Waals surface area (Å²) >= 11 is 0. The van der Waals surface area contributed by atoms with E-state index in [0.717, 1.165) is 37.8 Å². The van der Waals surface area contributed by atoms with Crippen molar-refractivity contribution < 1.29 is 0 Å². The molecule has 1 aliphatic rings. The van der Waals surface area contributed by atoms with E-state index in [1.807, 2.05) is 14.0 Å². The Kier molecular flexibility index (Phi) is 4.93. The van der Waals surface area contributed by atoms with Crippen LogP contribution in [-0.2, 0) is 13.6 Å². The van der Waals surface area contributed by atoms with Crippen molar-refractivity contribution in [1.82, 2.24) is 25.0 Å². The van der Waals surface area contributed by atoms with Gasteiger partial charge in [-0.05, 0) is 32.2 Å². The Bertz CT molecular complexity index is 401. The van der Waals surface area contributed by atoms with Gasteiger partial charge in [0.15, 0.2) is 0 Å². The molecule has 2 atom stereocenters. The normalized spacial score (nSPS) is 24.8. The highest BCUT2D eigenvalue weighted by molar-refractivity contribution is 4.94. The van der Waals surface area contributed by atoms with E-state index >= 15 is 0 Å². The number of nitrogens with zero attached hydrogens (tertiary/aromatic N) is 4. The van der Waals surface area contributed by atoms with Gasteiger partial charge in [-0.3, -0.25) is 4.90 Å². The standard InChI is InChI=1S/C14H27N5/c1-5-7-15-13-6-8-19(9-11(13)2)10-14-17-16-12(3)18(14)4/h11,13,15H,5-10H2,1-4H3. The first-order valence-corrected chi connectivity index (χ1v) is 7.42. The summed E-state index contributed by atoms with van der Waals surface area (Å²) in [5, 5.41) is 12.0. The fraction of sp³-hybridized carbons (Fsp3) is 0.857. The van der Waals surface area contributed by atoms with E-state index in [1.165, 1.54) is 12.8 Å². The molecule has 0 aromatic carbocycles. The fourth-order valence-corrected chi connectivity index (χ4v) is 2.80. The van der Waals surface area contributed by atoms with E-state index in [0.29, 0.717) is 12.0 Å². The lowest BCUT2D eigenvalue weighted by Crippen LogP contribution is -2.48. The van der Waals surface area contributed by atoms with Crippen molar-refractivity contribution in [3.8, 4) is 0 Å². The minimum atomic E-state index is 0.678. The van der Waals surface area contributed by atoms with Crippen molar-refractivity contribution in [2.45, 2.75) is 46.2 Å². The number of aromatic nitrogens is 3. The van der Waals surface area contributed by atoms with Crippen molar-refractivity contribution in [2.24, 2.45) is 13.0 Å². The van der Waals surface area contributed by atoms with Crippen molar-refractivity contribution in [2.75, 3.05) is 19.6 Å². The van der Waals surface area contributed by atoms with E-state index in [1.54, 1.807) is 0 Å². The molecule has 1 aromatic heterocycles. The predicted molar refractivity (Wildman–Crippen MR) is 76.9 cm³/mol. The monoisotopic (exact) mass is 265 g/mol. The van der Waals surface area contributed by atoms with E-state index < -0.39 is 0 Å². The van der Waals surface area contributed by atoms with Crippen LogP contribution in [0.2, 0.25) is 0 Å². The summed E-state index contributed by atoms with van der Waals surface area (Å²) < 4.78 is 2.09. The molecule has 0 spiro atoms. The van der Waals surface area contributed by atoms with Gasteiger partial charge in [0.25, 0.3) is 0 Å². The quantitative estimate of drug-likeness (QED) is 0.872. The zero-order chi connectivity index (χ0) is 13.8. The first-order valence-electron chi connectivity index (χ1n) is 7.42. The maximum absolute atomic E-state index is 4.26. The Hall–Kier alpha value is -0.940. The molecule has 0 radical (unpaired) electrons. The summed E-state index contributed by atoms with van der Waals surface area (Å²) in [7, 11) is 2.05. The molecule has 0 aliphatic carbocycles. The first kappa shape index (κ1) is 14.5. The molecule has 19 heavy (non-hydrogen) atoms. The minimum absolute atomic E-state index is 0.678. The van der Waals surface area contributed by atoms with Gasteiger partial charge in [0.2, 0.25) is 0 Å². The van der Waals surface area contributed by atoms with Gasteiger partial charge in [0, 0.05) is 26.2 Å². The van der Waals surface area contributed by atoms with E-state index in [9.17, 15) is 0 Å². The molecule has 1 N–H and O–H groups in total. The molecular formula is C14H27N5. The summed E-state index contributed by atoms with van der Waals surface area (Å²) in [6, 6.07) is 0.678. The van der Waals surface area contributed by atoms with E-state index in [-0.39, 0.29) is 0 Å². The summed E-state index contributed by atoms with van der Waals surface area (Å²) in [5.74, 6) is 2.77. The second-order valence-electron chi connectivity index (χ2n) is 5.78. The summed E-state index contributed by atoms with van der Waals surface area (Å²) in [6.07, 6.45) is 2.45. The SMILES string of the molecule is CCCNC1CCN(Cc2nnc(C)n2C)CC1C. The molecule has 2 heterocycles. The van der Waals surface area contributed by atoms with Crippen LogP contribution in [0, 0.1) is 12.8 Å². The molecular weight excluding hydrogens is 238 g/mol. The average Bonchev–Trinajstić information content (AvgIpc) is 2.70. The number of aryl methyl sites for hydroxylation is 1. The first-order chi connectivity index (χ1) is 9.11. The predicted octanol–water partition coefficient (Wildman–Crippen LogP) is 1.33. The molecule has 1 fully saturated rings. The summed E-state index contributed by atoms with van der Waals surface area (Å²) in [6.45, 7) is 10.9. The number of hydrogen-bond acceptors (Lipinski definition) is 4. The number of likely N-dealkylation sites (tertiary alicyclic amines) is 1. The van der Waals surface area contributed by atoms with Crippen LogP contribution in [0.4, 0.5) is 0 Å². The number of piperidine rings is 1. The zero-order valence-electron chi connectivity index (χ0n) is 12.7. The maximum atomic E-state index is 4.26. The molecule has 0 bridgehead atoms. The lowest BCUT2D eigenvalue weighted by molar-refractivity contribution is 0.137. The van der Waals surface area contributed by atoms with Crippen molar-refractivity contribution in [1.29, 1.82) is 0 Å². The lowest BCUT2D eigenvalue weighted by Gasteiger charge is -2.37. The topological polar surface area (TPSA) is 46.0 Å². The number of nitrogens with one attached hydrogen (secondary N) is 1. The third kappa shape index (κ3) is 3.54. The fourth-order valence-electron chi connectivity index (χ4n) is 2.80. The Balaban J connectivity index is 1.86. The molecule has 0 amide bonds. The highest BCUT2D eigenvalue weighted by Crippen LogP contribution is 2.18. The van der Waals surface area contributed by atoms with Crippen molar-refractivity contribution in [3.63, 3.8) is 0 Å². The lowest BCUT2D eigenvalue weighted by atomic mass is 9.93. The smallest absolute Gasteiger partial charge is 0.146 e. The zero-order valence-corrected chi connectivity index (χ0v) is 12.7. The Labute approximate surface area is 116 Å². The van der Waals surface area contributed by atoms with Gasteiger partial charge in [-0.15, -0.1) is 10.2 Å². The minimum Gasteiger partial charge on any atom is -0.317 e. The molecule has 2 rings (SSSR count). The Morgan fingerprint density at radius 1 is 1.37 bits per heavy atom. The molecule has 2 unspecified atom stereocenters. The Morgan fingerprint density at radius 2 is 2.16 bits per heavy atom. The highest BCUT2D eigenvalue weighted by atomic mass is 15.3. The maximum Gasteiger partial charge on any atom is 0.146 e. The van der Waals surface area contributed by atoms with Crippen LogP contribution >= 0.6 is 0 Å². The summed E-state index contributed by atoms with van der Waals surface area (Å²) in [5.41, 5.74) is 0. The molecule has 5 heteroatoms. The Morgan fingerprint density at radius 3 is 2.74 bits per heavy atom. The molecule has 5 nitrogen and oxygen atoms in total. The largest absolute Gasteiger partial charge is 0.317 e. The molecule has 0 saturated carbocycles. The molecule has 108 valence electrons. The molecule has 1 aliphatic heterocycles. The van der Waals surface area contributed by atoms with E-state index in [2.05, 4.69) is 38.8 Å². The van der Waals surface area contributed by atoms with Gasteiger partial charge in [-0.1, -0.05) is 13.8 Å². The van der Waals surface area contributed by atoms with Crippen molar-refractivity contribution >= 4 is 0 Å². The van der Waals surface area contributed by atoms with Crippen LogP contribution in [0.3, 0.4) is 0 Å². The number of rotatable bonds is 5. The van der Waals surface area contributed by atoms with Crippen LogP contribution < -0.4 is 5.32 Å². The van der Waals surface area contributed by atoms with Crippen LogP contribution in [0.1, 0.15) is 38.3 Å². The van der Waals surface area contributed by atoms with Crippen molar-refractivity contribution in [3.05, 3.63) is 11.6 Å². The van der Waals surface area contributed by atoms with Gasteiger partial charge in [0.1, 0.15) is 11.6 Å². The van der Waals surface area contributed by atoms with Gasteiger partial charge in [-0.2, -0.15) is 0 Å². The van der Waals surface area contributed by atoms with Gasteiger partial charge < -0.3 is 9.88 Å². The van der Waals surface area contributed by atoms with Crippen LogP contribution in [0.5, 0.6) is 0 Å². The van der Waals surface area contributed by atoms with Crippen LogP contribution in [-0.4, -0.2) is 45.3 Å². The second kappa shape index (κ2) is 6.48. The number of hydrogen-bond donors (Lipinski definition) is 1. The third-order valence-electron chi connectivity index (χ3n) is 4.19. The van der Waals surface area contributed by atoms with Crippen LogP contribution in [0.25, 0.3) is 0 Å². The highest BCUT2D eigenvalue weighted by Gasteiger charge is 2.26. The second-order valence-corrected chi connectivity index (χ2v) is 5.78. The van der Waals surface area contributed by atoms with E-state index in [4.69, 9.17) is 0 Å². The molecule has 1 aromatic rings. The van der Waals surface area contributed by atoms with Gasteiger partial charge in [-0.25, -0.2) is 0 Å². The summed E-state index contributed by atoms with van der Waals surface area (Å²) in [4.78, 5) is 2.50. The van der Waals surface area contributed by atoms with Crippen LogP contribution in [0.15, 0.2) is 0 Å². The third-order valence-corrected chi connectivity index (χ3v) is 4.19. The van der Waals surface area contributed by atoms with Gasteiger partial charge in [0.05, 0.1) is 6.54 Å². The average molecular weight is 265 g/mol. The molecule has 1 saturated heterocycles.